The Morgan fingerprint density at radius 1 is 1.62 bits per heavy atom. The second-order valence-electron chi connectivity index (χ2n) is 2.89. The normalized spacial score (nSPS) is 11.3. The Bertz CT molecular complexity index is 435. The van der Waals surface area contributed by atoms with Crippen molar-refractivity contribution in [1.29, 1.82) is 0 Å². The van der Waals surface area contributed by atoms with Gasteiger partial charge in [0, 0.05) is 4.47 Å². The Balaban J connectivity index is 3.05. The number of benzene rings is 1. The number of hydrogen-bond donors (Lipinski definition) is 1. The number of alkyl halides is 1. The molecule has 0 spiro atoms. The van der Waals surface area contributed by atoms with Crippen LogP contribution >= 0.6 is 27.5 Å². The molecule has 0 saturated heterocycles. The van der Waals surface area contributed by atoms with Crippen LogP contribution in [0.2, 0.25) is 0 Å². The van der Waals surface area contributed by atoms with E-state index in [1.165, 1.54) is 7.11 Å². The monoisotopic (exact) mass is 304 g/mol. The summed E-state index contributed by atoms with van der Waals surface area (Å²) in [6.45, 7) is 0. The summed E-state index contributed by atoms with van der Waals surface area (Å²) in [4.78, 5) is 15.3. The number of carbonyl (C=O) groups is 1. The zero-order chi connectivity index (χ0) is 12.1. The average Bonchev–Trinajstić information content (AvgIpc) is 2.30. The molecule has 16 heavy (non-hydrogen) atoms. The first-order valence-corrected chi connectivity index (χ1v) is 5.68. The van der Waals surface area contributed by atoms with Gasteiger partial charge >= 0.3 is 5.97 Å². The van der Waals surface area contributed by atoms with E-state index in [1.54, 1.807) is 18.2 Å². The largest absolute Gasteiger partial charge is 0.465 e. The van der Waals surface area contributed by atoms with Gasteiger partial charge in [-0.05, 0) is 34.1 Å². The molecule has 1 rings (SSSR count). The molecule has 2 N–H and O–H groups in total. The number of carbonyl (C=O) groups excluding carboxylic acids is 1. The van der Waals surface area contributed by atoms with Crippen LogP contribution in [0, 0.1) is 0 Å². The average molecular weight is 306 g/mol. The van der Waals surface area contributed by atoms with Crippen molar-refractivity contribution in [2.24, 2.45) is 10.7 Å². The van der Waals surface area contributed by atoms with Crippen molar-refractivity contribution in [1.82, 2.24) is 0 Å². The number of aliphatic imine (C=N–C) groups is 1. The molecular weight excluding hydrogens is 295 g/mol. The van der Waals surface area contributed by atoms with E-state index in [-0.39, 0.29) is 5.88 Å². The van der Waals surface area contributed by atoms with E-state index >= 15 is 0 Å². The van der Waals surface area contributed by atoms with Gasteiger partial charge in [0.2, 0.25) is 0 Å². The zero-order valence-electron chi connectivity index (χ0n) is 8.54. The third-order valence-corrected chi connectivity index (χ3v) is 2.68. The van der Waals surface area contributed by atoms with Gasteiger partial charge in [-0.25, -0.2) is 9.79 Å². The van der Waals surface area contributed by atoms with Crippen LogP contribution in [0.25, 0.3) is 0 Å². The van der Waals surface area contributed by atoms with Crippen molar-refractivity contribution >= 4 is 45.0 Å². The van der Waals surface area contributed by atoms with Crippen LogP contribution in [0.4, 0.5) is 5.69 Å². The molecule has 0 radical (unpaired) electrons. The Labute approximate surface area is 107 Å². The summed E-state index contributed by atoms with van der Waals surface area (Å²) in [5.74, 6) is 0.0697. The molecule has 1 aromatic carbocycles. The van der Waals surface area contributed by atoms with Gasteiger partial charge < -0.3 is 10.5 Å². The molecule has 1 aromatic rings. The molecular formula is C10H10BrClN2O2. The van der Waals surface area contributed by atoms with Crippen molar-refractivity contribution in [3.8, 4) is 0 Å². The molecule has 0 bridgehead atoms. The minimum Gasteiger partial charge on any atom is -0.465 e. The molecule has 0 unspecified atom stereocenters. The van der Waals surface area contributed by atoms with Crippen LogP contribution in [-0.2, 0) is 4.74 Å². The summed E-state index contributed by atoms with van der Waals surface area (Å²) in [5, 5.41) is 0. The highest BCUT2D eigenvalue weighted by Gasteiger charge is 2.08. The fourth-order valence-corrected chi connectivity index (χ4v) is 1.55. The van der Waals surface area contributed by atoms with Gasteiger partial charge in [0.15, 0.2) is 0 Å². The van der Waals surface area contributed by atoms with E-state index in [2.05, 4.69) is 25.7 Å². The number of nitrogens with zero attached hydrogens (tertiary/aromatic N) is 1. The number of nitrogens with two attached hydrogens (primary N) is 1. The lowest BCUT2D eigenvalue weighted by atomic mass is 10.2. The molecule has 0 aromatic heterocycles. The number of amidine groups is 1. The smallest absolute Gasteiger partial charge is 0.337 e. The van der Waals surface area contributed by atoms with Crippen LogP contribution in [-0.4, -0.2) is 24.8 Å². The molecule has 0 atom stereocenters. The van der Waals surface area contributed by atoms with Crippen LogP contribution < -0.4 is 5.73 Å². The first kappa shape index (κ1) is 13.0. The summed E-state index contributed by atoms with van der Waals surface area (Å²) < 4.78 is 5.25. The number of hydrogen-bond acceptors (Lipinski definition) is 3. The summed E-state index contributed by atoms with van der Waals surface area (Å²) in [6.07, 6.45) is 0. The minimum atomic E-state index is -0.401. The highest BCUT2D eigenvalue weighted by Crippen LogP contribution is 2.26. The van der Waals surface area contributed by atoms with Gasteiger partial charge in [0.25, 0.3) is 0 Å². The van der Waals surface area contributed by atoms with E-state index in [0.717, 1.165) is 0 Å². The van der Waals surface area contributed by atoms with Gasteiger partial charge in [-0.2, -0.15) is 0 Å². The van der Waals surface area contributed by atoms with E-state index in [0.29, 0.717) is 21.6 Å². The van der Waals surface area contributed by atoms with Crippen molar-refractivity contribution in [2.75, 3.05) is 13.0 Å². The van der Waals surface area contributed by atoms with Crippen molar-refractivity contribution in [3.63, 3.8) is 0 Å². The number of methoxy groups -OCH3 is 1. The number of ether oxygens (including phenoxy) is 1. The van der Waals surface area contributed by atoms with Crippen LogP contribution in [0.15, 0.2) is 27.7 Å². The van der Waals surface area contributed by atoms with Crippen LogP contribution in [0.1, 0.15) is 10.4 Å². The molecule has 86 valence electrons. The Hall–Kier alpha value is -1.07. The molecule has 0 aliphatic rings. The third-order valence-electron chi connectivity index (χ3n) is 1.77. The van der Waals surface area contributed by atoms with Crippen LogP contribution in [0.5, 0.6) is 0 Å². The van der Waals surface area contributed by atoms with Crippen molar-refractivity contribution in [3.05, 3.63) is 28.2 Å². The standard InChI is InChI=1S/C10H10BrClN2O2/c1-16-10(15)6-2-3-8(7(11)4-6)14-9(13)5-12/h2-4H,5H2,1H3,(H2,13,14). The highest BCUT2D eigenvalue weighted by molar-refractivity contribution is 9.10. The maximum atomic E-state index is 11.2. The summed E-state index contributed by atoms with van der Waals surface area (Å²) in [5.41, 5.74) is 6.56. The van der Waals surface area contributed by atoms with Gasteiger partial charge in [0.1, 0.15) is 5.84 Å². The lowest BCUT2D eigenvalue weighted by Gasteiger charge is -2.03. The first-order valence-electron chi connectivity index (χ1n) is 4.35. The third kappa shape index (κ3) is 3.21. The van der Waals surface area contributed by atoms with Gasteiger partial charge in [-0.3, -0.25) is 0 Å². The van der Waals surface area contributed by atoms with Crippen molar-refractivity contribution < 1.29 is 9.53 Å². The maximum absolute atomic E-state index is 11.2. The van der Waals surface area contributed by atoms with E-state index in [1.807, 2.05) is 0 Å². The Morgan fingerprint density at radius 2 is 2.31 bits per heavy atom. The molecule has 0 aliphatic heterocycles. The number of halogens is 2. The first-order chi connectivity index (χ1) is 7.58. The molecule has 0 fully saturated rings. The molecule has 0 heterocycles. The summed E-state index contributed by atoms with van der Waals surface area (Å²) >= 11 is 8.80. The van der Waals surface area contributed by atoms with Gasteiger partial charge in [0.05, 0.1) is 24.2 Å². The zero-order valence-corrected chi connectivity index (χ0v) is 10.9. The van der Waals surface area contributed by atoms with Crippen molar-refractivity contribution in [2.45, 2.75) is 0 Å². The number of esters is 1. The topological polar surface area (TPSA) is 64.7 Å². The number of rotatable bonds is 3. The quantitative estimate of drug-likeness (QED) is 0.404. The second kappa shape index (κ2) is 5.86. The van der Waals surface area contributed by atoms with E-state index in [4.69, 9.17) is 17.3 Å². The molecule has 4 nitrogen and oxygen atoms in total. The van der Waals surface area contributed by atoms with E-state index < -0.39 is 5.97 Å². The predicted octanol–water partition coefficient (Wildman–Crippen LogP) is 2.46. The molecule has 6 heteroatoms. The molecule has 0 aliphatic carbocycles. The summed E-state index contributed by atoms with van der Waals surface area (Å²) in [7, 11) is 1.33. The fourth-order valence-electron chi connectivity index (χ4n) is 1.03. The Kier molecular flexibility index (Phi) is 4.76. The maximum Gasteiger partial charge on any atom is 0.337 e. The lowest BCUT2D eigenvalue weighted by molar-refractivity contribution is 0.0600. The van der Waals surface area contributed by atoms with Gasteiger partial charge in [-0.1, -0.05) is 0 Å². The fraction of sp³-hybridized carbons (Fsp3) is 0.200. The SMILES string of the molecule is COC(=O)c1ccc(N=C(N)CCl)c(Br)c1. The summed E-state index contributed by atoms with van der Waals surface area (Å²) in [6, 6.07) is 4.89. The second-order valence-corrected chi connectivity index (χ2v) is 4.02. The Morgan fingerprint density at radius 3 is 2.81 bits per heavy atom. The predicted molar refractivity (Wildman–Crippen MR) is 67.5 cm³/mol. The highest BCUT2D eigenvalue weighted by atomic mass is 79.9. The lowest BCUT2D eigenvalue weighted by Crippen LogP contribution is -2.12. The minimum absolute atomic E-state index is 0.158. The van der Waals surface area contributed by atoms with Gasteiger partial charge in [-0.15, -0.1) is 11.6 Å². The van der Waals surface area contributed by atoms with Crippen LogP contribution in [0.3, 0.4) is 0 Å². The molecule has 0 amide bonds. The molecule has 0 saturated carbocycles. The van der Waals surface area contributed by atoms with E-state index in [9.17, 15) is 4.79 Å².